The van der Waals surface area contributed by atoms with E-state index in [1.165, 1.54) is 10.8 Å². The van der Waals surface area contributed by atoms with Crippen LogP contribution >= 0.6 is 15.9 Å². The molecule has 1 aliphatic heterocycles. The predicted molar refractivity (Wildman–Crippen MR) is 61.6 cm³/mol. The summed E-state index contributed by atoms with van der Waals surface area (Å²) in [7, 11) is 0. The first kappa shape index (κ1) is 11.6. The van der Waals surface area contributed by atoms with Crippen molar-refractivity contribution in [3.63, 3.8) is 0 Å². The lowest BCUT2D eigenvalue weighted by molar-refractivity contribution is 0.0173. The van der Waals surface area contributed by atoms with Gasteiger partial charge >= 0.3 is 5.69 Å². The van der Waals surface area contributed by atoms with Gasteiger partial charge in [0.25, 0.3) is 5.56 Å². The highest BCUT2D eigenvalue weighted by Crippen LogP contribution is 2.02. The molecule has 7 heteroatoms. The van der Waals surface area contributed by atoms with Crippen molar-refractivity contribution in [1.82, 2.24) is 14.9 Å². The number of hydrogen-bond acceptors (Lipinski definition) is 4. The minimum atomic E-state index is -0.414. The molecule has 2 N–H and O–H groups in total. The van der Waals surface area contributed by atoms with E-state index < -0.39 is 11.2 Å². The largest absolute Gasteiger partial charge is 0.374 e. The monoisotopic (exact) mass is 289 g/mol. The van der Waals surface area contributed by atoms with E-state index in [4.69, 9.17) is 4.74 Å². The van der Waals surface area contributed by atoms with Gasteiger partial charge in [0.05, 0.1) is 23.7 Å². The summed E-state index contributed by atoms with van der Waals surface area (Å²) in [5, 5.41) is 3.18. The number of hydrogen-bond donors (Lipinski definition) is 2. The second-order valence-corrected chi connectivity index (χ2v) is 4.44. The van der Waals surface area contributed by atoms with E-state index in [1.54, 1.807) is 0 Å². The Hall–Kier alpha value is -0.920. The number of aromatic nitrogens is 2. The van der Waals surface area contributed by atoms with Crippen molar-refractivity contribution >= 4 is 15.9 Å². The lowest BCUT2D eigenvalue weighted by Crippen LogP contribution is -2.43. The Morgan fingerprint density at radius 1 is 1.56 bits per heavy atom. The van der Waals surface area contributed by atoms with Crippen LogP contribution in [0.1, 0.15) is 0 Å². The molecule has 1 aromatic rings. The minimum absolute atomic E-state index is 0.0377. The van der Waals surface area contributed by atoms with Crippen LogP contribution < -0.4 is 16.6 Å². The molecule has 0 radical (unpaired) electrons. The fraction of sp³-hybridized carbons (Fsp3) is 0.556. The average Bonchev–Trinajstić information content (AvgIpc) is 2.27. The first-order valence-corrected chi connectivity index (χ1v) is 5.77. The summed E-state index contributed by atoms with van der Waals surface area (Å²) in [4.78, 5) is 24.8. The zero-order valence-electron chi connectivity index (χ0n) is 8.53. The van der Waals surface area contributed by atoms with Crippen LogP contribution in [-0.4, -0.2) is 35.4 Å². The third-order valence-corrected chi connectivity index (χ3v) is 2.94. The van der Waals surface area contributed by atoms with Crippen LogP contribution in [0.15, 0.2) is 20.3 Å². The molecule has 16 heavy (non-hydrogen) atoms. The summed E-state index contributed by atoms with van der Waals surface area (Å²) in [6.07, 6.45) is 1.45. The lowest BCUT2D eigenvalue weighted by Gasteiger charge is -2.24. The van der Waals surface area contributed by atoms with E-state index in [0.717, 1.165) is 6.54 Å². The molecular weight excluding hydrogens is 278 g/mol. The lowest BCUT2D eigenvalue weighted by atomic mass is 10.3. The van der Waals surface area contributed by atoms with Gasteiger partial charge in [-0.25, -0.2) is 4.79 Å². The second kappa shape index (κ2) is 4.94. The van der Waals surface area contributed by atoms with Gasteiger partial charge < -0.3 is 10.1 Å². The van der Waals surface area contributed by atoms with Crippen molar-refractivity contribution in [2.24, 2.45) is 0 Å². The van der Waals surface area contributed by atoms with Crippen LogP contribution in [0.3, 0.4) is 0 Å². The quantitative estimate of drug-likeness (QED) is 0.754. The van der Waals surface area contributed by atoms with Gasteiger partial charge in [-0.15, -0.1) is 0 Å². The predicted octanol–water partition coefficient (Wildman–Crippen LogP) is -0.712. The second-order valence-electron chi connectivity index (χ2n) is 3.59. The molecular formula is C9H12BrN3O3. The standard InChI is InChI=1S/C9H12BrN3O3/c10-7-5-13(9(15)12-8(7)14)4-6-3-11-1-2-16-6/h5-6,11H,1-4H2,(H,12,14,15). The summed E-state index contributed by atoms with van der Waals surface area (Å²) < 4.78 is 7.25. The fourth-order valence-electron chi connectivity index (χ4n) is 1.57. The molecule has 1 unspecified atom stereocenters. The first-order valence-electron chi connectivity index (χ1n) is 4.98. The Kier molecular flexibility index (Phi) is 3.57. The molecule has 88 valence electrons. The molecule has 0 spiro atoms. The highest BCUT2D eigenvalue weighted by atomic mass is 79.9. The topological polar surface area (TPSA) is 76.1 Å². The molecule has 0 aromatic carbocycles. The number of aromatic amines is 1. The van der Waals surface area contributed by atoms with Crippen LogP contribution in [0, 0.1) is 0 Å². The zero-order valence-corrected chi connectivity index (χ0v) is 10.1. The van der Waals surface area contributed by atoms with Crippen LogP contribution in [0.2, 0.25) is 0 Å². The number of morpholine rings is 1. The third-order valence-electron chi connectivity index (χ3n) is 2.37. The van der Waals surface area contributed by atoms with Gasteiger partial charge in [-0.2, -0.15) is 0 Å². The molecule has 2 heterocycles. The SMILES string of the molecule is O=c1[nH]c(=O)n(CC2CNCCO2)cc1Br. The molecule has 0 amide bonds. The van der Waals surface area contributed by atoms with E-state index in [0.29, 0.717) is 24.2 Å². The maximum atomic E-state index is 11.5. The van der Waals surface area contributed by atoms with Crippen molar-refractivity contribution < 1.29 is 4.74 Å². The van der Waals surface area contributed by atoms with E-state index in [9.17, 15) is 9.59 Å². The molecule has 0 aliphatic carbocycles. The highest BCUT2D eigenvalue weighted by Gasteiger charge is 2.15. The van der Waals surface area contributed by atoms with Gasteiger partial charge in [0.1, 0.15) is 0 Å². The normalized spacial score (nSPS) is 20.9. The van der Waals surface area contributed by atoms with Crippen molar-refractivity contribution in [2.45, 2.75) is 12.6 Å². The number of halogens is 1. The summed E-state index contributed by atoms with van der Waals surface area (Å²) in [6.45, 7) is 2.62. The van der Waals surface area contributed by atoms with E-state index in [2.05, 4.69) is 26.2 Å². The van der Waals surface area contributed by atoms with Crippen LogP contribution in [-0.2, 0) is 11.3 Å². The maximum Gasteiger partial charge on any atom is 0.328 e. The summed E-state index contributed by atoms with van der Waals surface area (Å²) >= 11 is 3.09. The average molecular weight is 290 g/mol. The Morgan fingerprint density at radius 2 is 2.38 bits per heavy atom. The number of ether oxygens (including phenoxy) is 1. The molecule has 1 atom stereocenters. The minimum Gasteiger partial charge on any atom is -0.374 e. The van der Waals surface area contributed by atoms with Gasteiger partial charge in [0, 0.05) is 19.3 Å². The summed E-state index contributed by atoms with van der Waals surface area (Å²) in [5.41, 5.74) is -0.827. The van der Waals surface area contributed by atoms with Crippen molar-refractivity contribution in [3.05, 3.63) is 31.5 Å². The Balaban J connectivity index is 2.17. The fourth-order valence-corrected chi connectivity index (χ4v) is 1.92. The van der Waals surface area contributed by atoms with Crippen molar-refractivity contribution in [1.29, 1.82) is 0 Å². The maximum absolute atomic E-state index is 11.5. The Labute approximate surface area is 99.8 Å². The van der Waals surface area contributed by atoms with Gasteiger partial charge in [-0.05, 0) is 15.9 Å². The number of nitrogens with one attached hydrogen (secondary N) is 2. The van der Waals surface area contributed by atoms with E-state index in [1.807, 2.05) is 0 Å². The Morgan fingerprint density at radius 3 is 3.06 bits per heavy atom. The van der Waals surface area contributed by atoms with Crippen molar-refractivity contribution in [2.75, 3.05) is 19.7 Å². The van der Waals surface area contributed by atoms with Crippen LogP contribution in [0.4, 0.5) is 0 Å². The molecule has 1 saturated heterocycles. The van der Waals surface area contributed by atoms with Gasteiger partial charge in [-0.1, -0.05) is 0 Å². The molecule has 6 nitrogen and oxygen atoms in total. The molecule has 2 rings (SSSR count). The van der Waals surface area contributed by atoms with E-state index >= 15 is 0 Å². The van der Waals surface area contributed by atoms with Gasteiger partial charge in [0.15, 0.2) is 0 Å². The zero-order chi connectivity index (χ0) is 11.5. The van der Waals surface area contributed by atoms with Gasteiger partial charge in [-0.3, -0.25) is 14.3 Å². The molecule has 1 aliphatic rings. The number of H-pyrrole nitrogens is 1. The van der Waals surface area contributed by atoms with Crippen molar-refractivity contribution in [3.8, 4) is 0 Å². The first-order chi connectivity index (χ1) is 7.66. The highest BCUT2D eigenvalue weighted by molar-refractivity contribution is 9.10. The molecule has 0 saturated carbocycles. The number of nitrogens with zero attached hydrogens (tertiary/aromatic N) is 1. The van der Waals surface area contributed by atoms with Gasteiger partial charge in [0.2, 0.25) is 0 Å². The Bertz CT molecular complexity index is 476. The number of rotatable bonds is 2. The molecule has 0 bridgehead atoms. The smallest absolute Gasteiger partial charge is 0.328 e. The van der Waals surface area contributed by atoms with Crippen LogP contribution in [0.25, 0.3) is 0 Å². The van der Waals surface area contributed by atoms with E-state index in [-0.39, 0.29) is 6.10 Å². The molecule has 1 fully saturated rings. The van der Waals surface area contributed by atoms with Crippen LogP contribution in [0.5, 0.6) is 0 Å². The third kappa shape index (κ3) is 2.60. The molecule has 1 aromatic heterocycles. The summed E-state index contributed by atoms with van der Waals surface area (Å²) in [5.74, 6) is 0. The summed E-state index contributed by atoms with van der Waals surface area (Å²) in [6, 6.07) is 0.